The number of ketones is 1. The Hall–Kier alpha value is -1.68. The summed E-state index contributed by atoms with van der Waals surface area (Å²) in [5.41, 5.74) is 1.68. The molecule has 0 saturated carbocycles. The lowest BCUT2D eigenvalue weighted by molar-refractivity contribution is -0.125. The molecule has 0 unspecified atom stereocenters. The highest BCUT2D eigenvalue weighted by Crippen LogP contribution is 2.39. The van der Waals surface area contributed by atoms with Crippen molar-refractivity contribution in [2.24, 2.45) is 11.8 Å². The molecular weight excluding hydrogens is 338 g/mol. The van der Waals surface area contributed by atoms with Gasteiger partial charge in [-0.05, 0) is 49.5 Å². The van der Waals surface area contributed by atoms with Crippen molar-refractivity contribution in [2.45, 2.75) is 33.6 Å². The normalized spacial score (nSPS) is 19.2. The Bertz CT molecular complexity index is 676. The van der Waals surface area contributed by atoms with Gasteiger partial charge in [0.2, 0.25) is 0 Å². The molecule has 4 nitrogen and oxygen atoms in total. The van der Waals surface area contributed by atoms with Crippen LogP contribution < -0.4 is 9.47 Å². The standard InChI is InChI=1S/C20H26ClNO3/c1-4-24-18-11-14(9-16(21)20(18)25-12-13(2)3)10-17-19(23)15-5-7-22(17)8-6-15/h9-11,13,15H,4-8,12H2,1-3H3/b17-10-. The van der Waals surface area contributed by atoms with E-state index in [4.69, 9.17) is 21.1 Å². The van der Waals surface area contributed by atoms with Gasteiger partial charge in [0.15, 0.2) is 17.3 Å². The molecule has 1 aromatic carbocycles. The molecule has 2 bridgehead atoms. The number of halogens is 1. The van der Waals surface area contributed by atoms with Crippen LogP contribution in [0.25, 0.3) is 6.08 Å². The molecule has 0 amide bonds. The lowest BCUT2D eigenvalue weighted by Crippen LogP contribution is -2.45. The highest BCUT2D eigenvalue weighted by molar-refractivity contribution is 6.32. The quantitative estimate of drug-likeness (QED) is 0.702. The lowest BCUT2D eigenvalue weighted by atomic mass is 9.84. The Kier molecular flexibility index (Phi) is 5.57. The summed E-state index contributed by atoms with van der Waals surface area (Å²) in [5.74, 6) is 2.05. The molecule has 0 atom stereocenters. The summed E-state index contributed by atoms with van der Waals surface area (Å²) in [5, 5.41) is 0.516. The van der Waals surface area contributed by atoms with Gasteiger partial charge in [-0.2, -0.15) is 0 Å². The van der Waals surface area contributed by atoms with Crippen LogP contribution in [0, 0.1) is 11.8 Å². The average Bonchev–Trinajstić information content (AvgIpc) is 2.58. The first kappa shape index (κ1) is 18.1. The van der Waals surface area contributed by atoms with E-state index in [0.29, 0.717) is 35.7 Å². The molecule has 3 saturated heterocycles. The topological polar surface area (TPSA) is 38.8 Å². The zero-order chi connectivity index (χ0) is 18.0. The van der Waals surface area contributed by atoms with Crippen molar-refractivity contribution < 1.29 is 14.3 Å². The summed E-state index contributed by atoms with van der Waals surface area (Å²) in [7, 11) is 0. The Morgan fingerprint density at radius 3 is 2.60 bits per heavy atom. The van der Waals surface area contributed by atoms with Gasteiger partial charge in [0.05, 0.1) is 23.9 Å². The summed E-state index contributed by atoms with van der Waals surface area (Å²) < 4.78 is 11.6. The molecule has 3 fully saturated rings. The van der Waals surface area contributed by atoms with Crippen LogP contribution in [-0.2, 0) is 4.79 Å². The number of allylic oxidation sites excluding steroid dienone is 1. The van der Waals surface area contributed by atoms with Crippen LogP contribution in [0.4, 0.5) is 0 Å². The van der Waals surface area contributed by atoms with Gasteiger partial charge in [0, 0.05) is 19.0 Å². The number of Topliss-reactive ketones (excluding diaryl/α,β-unsaturated/α-hetero) is 1. The molecule has 0 radical (unpaired) electrons. The maximum atomic E-state index is 12.5. The fraction of sp³-hybridized carbons (Fsp3) is 0.550. The minimum atomic E-state index is 0.187. The van der Waals surface area contributed by atoms with E-state index in [1.54, 1.807) is 0 Å². The summed E-state index contributed by atoms with van der Waals surface area (Å²) >= 11 is 6.45. The predicted octanol–water partition coefficient (Wildman–Crippen LogP) is 4.41. The monoisotopic (exact) mass is 363 g/mol. The zero-order valence-electron chi connectivity index (χ0n) is 15.2. The van der Waals surface area contributed by atoms with Crippen molar-refractivity contribution in [1.82, 2.24) is 4.90 Å². The third kappa shape index (κ3) is 3.95. The Balaban J connectivity index is 1.92. The second kappa shape index (κ2) is 7.69. The van der Waals surface area contributed by atoms with E-state index in [2.05, 4.69) is 18.7 Å². The number of nitrogens with zero attached hydrogens (tertiary/aromatic N) is 1. The minimum absolute atomic E-state index is 0.187. The Morgan fingerprint density at radius 1 is 1.28 bits per heavy atom. The number of rotatable bonds is 6. The van der Waals surface area contributed by atoms with Gasteiger partial charge in [0.1, 0.15) is 0 Å². The Morgan fingerprint density at radius 2 is 2.00 bits per heavy atom. The third-order valence-electron chi connectivity index (χ3n) is 4.65. The van der Waals surface area contributed by atoms with Crippen LogP contribution in [0.15, 0.2) is 17.8 Å². The number of piperidine rings is 3. The van der Waals surface area contributed by atoms with E-state index < -0.39 is 0 Å². The first-order chi connectivity index (χ1) is 12.0. The fourth-order valence-corrected chi connectivity index (χ4v) is 3.67. The van der Waals surface area contributed by atoms with E-state index in [0.717, 1.165) is 37.2 Å². The zero-order valence-corrected chi connectivity index (χ0v) is 15.9. The molecule has 3 aliphatic heterocycles. The second-order valence-corrected chi connectivity index (χ2v) is 7.53. The molecule has 0 N–H and O–H groups in total. The van der Waals surface area contributed by atoms with Gasteiger partial charge in [0.25, 0.3) is 0 Å². The van der Waals surface area contributed by atoms with Crippen LogP contribution in [-0.4, -0.2) is 37.0 Å². The fourth-order valence-electron chi connectivity index (χ4n) is 3.39. The van der Waals surface area contributed by atoms with Crippen LogP contribution in [0.1, 0.15) is 39.2 Å². The highest BCUT2D eigenvalue weighted by Gasteiger charge is 2.36. The molecule has 25 heavy (non-hydrogen) atoms. The maximum absolute atomic E-state index is 12.5. The summed E-state index contributed by atoms with van der Waals surface area (Å²) in [6, 6.07) is 3.76. The van der Waals surface area contributed by atoms with E-state index in [-0.39, 0.29) is 11.7 Å². The molecule has 3 aliphatic rings. The molecule has 0 spiro atoms. The van der Waals surface area contributed by atoms with E-state index in [9.17, 15) is 4.79 Å². The number of hydrogen-bond donors (Lipinski definition) is 0. The van der Waals surface area contributed by atoms with Crippen molar-refractivity contribution in [3.63, 3.8) is 0 Å². The van der Waals surface area contributed by atoms with Crippen LogP contribution >= 0.6 is 11.6 Å². The summed E-state index contributed by atoms with van der Waals surface area (Å²) in [6.45, 7) is 9.14. The van der Waals surface area contributed by atoms with Gasteiger partial charge in [-0.25, -0.2) is 0 Å². The van der Waals surface area contributed by atoms with Crippen LogP contribution in [0.2, 0.25) is 5.02 Å². The Labute approximate surface area is 154 Å². The number of carbonyl (C=O) groups excluding carboxylic acids is 1. The molecule has 136 valence electrons. The highest BCUT2D eigenvalue weighted by atomic mass is 35.5. The molecule has 4 rings (SSSR count). The molecule has 0 aliphatic carbocycles. The van der Waals surface area contributed by atoms with Crippen molar-refractivity contribution in [2.75, 3.05) is 26.3 Å². The van der Waals surface area contributed by atoms with Crippen molar-refractivity contribution in [1.29, 1.82) is 0 Å². The first-order valence-corrected chi connectivity index (χ1v) is 9.47. The maximum Gasteiger partial charge on any atom is 0.182 e. The SMILES string of the molecule is CCOc1cc(/C=C2/C(=O)C3CCN2CC3)cc(Cl)c1OCC(C)C. The van der Waals surface area contributed by atoms with Gasteiger partial charge < -0.3 is 14.4 Å². The van der Waals surface area contributed by atoms with Gasteiger partial charge in [-0.3, -0.25) is 4.79 Å². The predicted molar refractivity (Wildman–Crippen MR) is 100 cm³/mol. The molecule has 1 aromatic rings. The summed E-state index contributed by atoms with van der Waals surface area (Å²) in [6.07, 6.45) is 3.89. The van der Waals surface area contributed by atoms with Crippen molar-refractivity contribution in [3.8, 4) is 11.5 Å². The van der Waals surface area contributed by atoms with E-state index in [1.807, 2.05) is 25.1 Å². The average molecular weight is 364 g/mol. The van der Waals surface area contributed by atoms with Crippen LogP contribution in [0.3, 0.4) is 0 Å². The van der Waals surface area contributed by atoms with E-state index >= 15 is 0 Å². The molecule has 5 heteroatoms. The number of fused-ring (bicyclic) bond motifs is 3. The molecule has 0 aromatic heterocycles. The second-order valence-electron chi connectivity index (χ2n) is 7.12. The van der Waals surface area contributed by atoms with Crippen molar-refractivity contribution in [3.05, 3.63) is 28.4 Å². The first-order valence-electron chi connectivity index (χ1n) is 9.09. The summed E-state index contributed by atoms with van der Waals surface area (Å²) in [4.78, 5) is 14.7. The third-order valence-corrected chi connectivity index (χ3v) is 4.94. The van der Waals surface area contributed by atoms with Crippen molar-refractivity contribution >= 4 is 23.5 Å². The minimum Gasteiger partial charge on any atom is -0.490 e. The number of ether oxygens (including phenoxy) is 2. The smallest absolute Gasteiger partial charge is 0.182 e. The van der Waals surface area contributed by atoms with Gasteiger partial charge in [-0.15, -0.1) is 0 Å². The number of hydrogen-bond acceptors (Lipinski definition) is 4. The lowest BCUT2D eigenvalue weighted by Gasteiger charge is -2.41. The molecule has 3 heterocycles. The van der Waals surface area contributed by atoms with E-state index in [1.165, 1.54) is 0 Å². The number of carbonyl (C=O) groups is 1. The number of benzene rings is 1. The molecular formula is C20H26ClNO3. The van der Waals surface area contributed by atoms with Crippen LogP contribution in [0.5, 0.6) is 11.5 Å². The van der Waals surface area contributed by atoms with Gasteiger partial charge in [-0.1, -0.05) is 25.4 Å². The van der Waals surface area contributed by atoms with Gasteiger partial charge >= 0.3 is 0 Å². The largest absolute Gasteiger partial charge is 0.490 e.